The lowest BCUT2D eigenvalue weighted by Gasteiger charge is -2.08. The molecule has 0 aromatic heterocycles. The monoisotopic (exact) mass is 230 g/mol. The minimum atomic E-state index is -4.27. The third-order valence-electron chi connectivity index (χ3n) is 3.13. The fraction of sp³-hybridized carbons (Fsp3) is 0.500. The molecular weight excluding hydrogens is 217 g/mol. The van der Waals surface area contributed by atoms with Crippen molar-refractivity contribution in [1.29, 1.82) is 0 Å². The first-order chi connectivity index (χ1) is 7.39. The summed E-state index contributed by atoms with van der Waals surface area (Å²) in [6.07, 6.45) is -3.79. The van der Waals surface area contributed by atoms with E-state index in [-0.39, 0.29) is 17.9 Å². The van der Waals surface area contributed by atoms with E-state index in [1.807, 2.05) is 0 Å². The highest BCUT2D eigenvalue weighted by atomic mass is 19.4. The number of rotatable bonds is 2. The number of aliphatic hydroxyl groups is 1. The predicted octanol–water partition coefficient (Wildman–Crippen LogP) is 3.19. The van der Waals surface area contributed by atoms with Gasteiger partial charge in [0.25, 0.3) is 0 Å². The van der Waals surface area contributed by atoms with E-state index in [4.69, 9.17) is 0 Å². The first-order valence-corrected chi connectivity index (χ1v) is 5.25. The van der Waals surface area contributed by atoms with Crippen molar-refractivity contribution in [2.45, 2.75) is 31.5 Å². The summed E-state index contributed by atoms with van der Waals surface area (Å²) < 4.78 is 36.9. The Labute approximate surface area is 91.9 Å². The maximum absolute atomic E-state index is 12.3. The van der Waals surface area contributed by atoms with Gasteiger partial charge in [0, 0.05) is 0 Å². The van der Waals surface area contributed by atoms with E-state index in [2.05, 4.69) is 0 Å². The molecule has 4 heteroatoms. The van der Waals surface area contributed by atoms with E-state index < -0.39 is 11.7 Å². The van der Waals surface area contributed by atoms with E-state index in [0.29, 0.717) is 0 Å². The van der Waals surface area contributed by atoms with Gasteiger partial charge in [0.1, 0.15) is 0 Å². The van der Waals surface area contributed by atoms with Gasteiger partial charge in [-0.2, -0.15) is 13.2 Å². The molecule has 2 rings (SSSR count). The van der Waals surface area contributed by atoms with Gasteiger partial charge in [-0.3, -0.25) is 0 Å². The second kappa shape index (κ2) is 3.77. The Hall–Kier alpha value is -1.03. The number of hydrogen-bond acceptors (Lipinski definition) is 1. The van der Waals surface area contributed by atoms with Crippen molar-refractivity contribution in [2.75, 3.05) is 0 Å². The lowest BCUT2D eigenvalue weighted by molar-refractivity contribution is -0.137. The fourth-order valence-corrected chi connectivity index (χ4v) is 2.05. The quantitative estimate of drug-likeness (QED) is 0.827. The van der Waals surface area contributed by atoms with Crippen LogP contribution in [0.1, 0.15) is 30.4 Å². The molecule has 1 N–H and O–H groups in total. The molecule has 0 radical (unpaired) electrons. The average molecular weight is 230 g/mol. The molecular formula is C12H13F3O. The number of aliphatic hydroxyl groups excluding tert-OH is 1. The summed E-state index contributed by atoms with van der Waals surface area (Å²) in [5.74, 6) is 0.430. The summed E-state index contributed by atoms with van der Waals surface area (Å²) in [6, 6.07) is 5.23. The van der Waals surface area contributed by atoms with Crippen molar-refractivity contribution < 1.29 is 18.3 Å². The molecule has 1 fully saturated rings. The van der Waals surface area contributed by atoms with Crippen molar-refractivity contribution in [2.24, 2.45) is 5.92 Å². The molecule has 0 spiro atoms. The van der Waals surface area contributed by atoms with Crippen LogP contribution in [0.3, 0.4) is 0 Å². The lowest BCUT2D eigenvalue weighted by Crippen LogP contribution is -2.05. The first kappa shape index (κ1) is 11.5. The second-order valence-corrected chi connectivity index (χ2v) is 4.37. The normalized spacial score (nSPS) is 26.6. The number of alkyl halides is 3. The van der Waals surface area contributed by atoms with Gasteiger partial charge in [0.15, 0.2) is 0 Å². The number of halogens is 3. The van der Waals surface area contributed by atoms with Crippen molar-refractivity contribution in [1.82, 2.24) is 0 Å². The Morgan fingerprint density at radius 1 is 1.25 bits per heavy atom. The van der Waals surface area contributed by atoms with E-state index in [1.54, 1.807) is 6.92 Å². The summed E-state index contributed by atoms with van der Waals surface area (Å²) in [7, 11) is 0. The zero-order valence-electron chi connectivity index (χ0n) is 8.83. The highest BCUT2D eigenvalue weighted by molar-refractivity contribution is 5.31. The molecule has 16 heavy (non-hydrogen) atoms. The van der Waals surface area contributed by atoms with Crippen LogP contribution in [0.25, 0.3) is 0 Å². The van der Waals surface area contributed by atoms with E-state index in [9.17, 15) is 18.3 Å². The Kier molecular flexibility index (Phi) is 2.70. The summed E-state index contributed by atoms with van der Waals surface area (Å²) >= 11 is 0. The maximum atomic E-state index is 12.3. The topological polar surface area (TPSA) is 20.2 Å². The molecule has 1 saturated carbocycles. The van der Waals surface area contributed by atoms with Crippen molar-refractivity contribution in [3.63, 3.8) is 0 Å². The van der Waals surface area contributed by atoms with Crippen LogP contribution in [-0.2, 0) is 6.18 Å². The van der Waals surface area contributed by atoms with Crippen molar-refractivity contribution in [3.8, 4) is 0 Å². The molecule has 3 atom stereocenters. The molecule has 1 aromatic carbocycles. The largest absolute Gasteiger partial charge is 0.416 e. The van der Waals surface area contributed by atoms with Gasteiger partial charge in [-0.25, -0.2) is 0 Å². The van der Waals surface area contributed by atoms with Gasteiger partial charge < -0.3 is 5.11 Å². The Morgan fingerprint density at radius 2 is 1.81 bits per heavy atom. The number of hydrogen-bond donors (Lipinski definition) is 1. The van der Waals surface area contributed by atoms with Gasteiger partial charge >= 0.3 is 6.18 Å². The molecule has 0 bridgehead atoms. The summed E-state index contributed by atoms with van der Waals surface area (Å²) in [6.45, 7) is 1.72. The molecule has 0 aliphatic heterocycles. The van der Waals surface area contributed by atoms with E-state index in [1.165, 1.54) is 12.1 Å². The standard InChI is InChI=1S/C12H13F3O/c1-7(16)10-6-11(10)8-2-4-9(5-3-8)12(13,14)15/h2-5,7,10-11,16H,6H2,1H3/t7-,10-,11-/m1/s1. The van der Waals surface area contributed by atoms with Gasteiger partial charge in [0.05, 0.1) is 11.7 Å². The lowest BCUT2D eigenvalue weighted by atomic mass is 10.1. The Morgan fingerprint density at radius 3 is 2.19 bits per heavy atom. The molecule has 1 nitrogen and oxygen atoms in total. The molecule has 1 aromatic rings. The van der Waals surface area contributed by atoms with Crippen molar-refractivity contribution >= 4 is 0 Å². The molecule has 1 aliphatic carbocycles. The molecule has 0 amide bonds. The van der Waals surface area contributed by atoms with E-state index >= 15 is 0 Å². The van der Waals surface area contributed by atoms with Crippen molar-refractivity contribution in [3.05, 3.63) is 35.4 Å². The van der Waals surface area contributed by atoms with Crippen LogP contribution >= 0.6 is 0 Å². The van der Waals surface area contributed by atoms with Crippen LogP contribution < -0.4 is 0 Å². The van der Waals surface area contributed by atoms with Gasteiger partial charge in [-0.1, -0.05) is 12.1 Å². The Balaban J connectivity index is 2.10. The summed E-state index contributed by atoms with van der Waals surface area (Å²) in [5.41, 5.74) is 0.268. The van der Waals surface area contributed by atoms with Crippen LogP contribution in [0.15, 0.2) is 24.3 Å². The van der Waals surface area contributed by atoms with Crippen LogP contribution in [-0.4, -0.2) is 11.2 Å². The highest BCUT2D eigenvalue weighted by Gasteiger charge is 2.41. The predicted molar refractivity (Wildman–Crippen MR) is 54.0 cm³/mol. The van der Waals surface area contributed by atoms with E-state index in [0.717, 1.165) is 24.1 Å². The van der Waals surface area contributed by atoms with Crippen LogP contribution in [0.2, 0.25) is 0 Å². The SMILES string of the molecule is C[C@@H](O)[C@H]1C[C@@H]1c1ccc(C(F)(F)F)cc1. The minimum absolute atomic E-state index is 0.205. The molecule has 0 unspecified atom stereocenters. The highest BCUT2D eigenvalue weighted by Crippen LogP contribution is 2.49. The van der Waals surface area contributed by atoms with Crippen LogP contribution in [0.4, 0.5) is 13.2 Å². The molecule has 0 heterocycles. The Bertz CT molecular complexity index is 367. The zero-order chi connectivity index (χ0) is 11.9. The third-order valence-corrected chi connectivity index (χ3v) is 3.13. The zero-order valence-corrected chi connectivity index (χ0v) is 8.83. The summed E-state index contributed by atoms with van der Waals surface area (Å²) in [5, 5.41) is 9.33. The minimum Gasteiger partial charge on any atom is -0.393 e. The third kappa shape index (κ3) is 2.21. The molecule has 88 valence electrons. The number of benzene rings is 1. The maximum Gasteiger partial charge on any atom is 0.416 e. The average Bonchev–Trinajstić information content (AvgIpc) is 2.96. The molecule has 0 saturated heterocycles. The van der Waals surface area contributed by atoms with Crippen LogP contribution in [0.5, 0.6) is 0 Å². The fourth-order valence-electron chi connectivity index (χ4n) is 2.05. The van der Waals surface area contributed by atoms with Crippen LogP contribution in [0, 0.1) is 5.92 Å². The van der Waals surface area contributed by atoms with Gasteiger partial charge in [0.2, 0.25) is 0 Å². The molecule has 1 aliphatic rings. The van der Waals surface area contributed by atoms with Gasteiger partial charge in [-0.05, 0) is 42.9 Å². The van der Waals surface area contributed by atoms with Gasteiger partial charge in [-0.15, -0.1) is 0 Å². The first-order valence-electron chi connectivity index (χ1n) is 5.25. The summed E-state index contributed by atoms with van der Waals surface area (Å²) in [4.78, 5) is 0. The smallest absolute Gasteiger partial charge is 0.393 e. The second-order valence-electron chi connectivity index (χ2n) is 4.37.